The van der Waals surface area contributed by atoms with Gasteiger partial charge in [-0.1, -0.05) is 30.3 Å². The molecule has 0 spiro atoms. The number of aromatic nitrogens is 2. The molecule has 0 bridgehead atoms. The molecule has 0 fully saturated rings. The maximum absolute atomic E-state index is 12.8. The minimum atomic E-state index is -0.328. The lowest BCUT2D eigenvalue weighted by atomic mass is 10.0. The fourth-order valence-electron chi connectivity index (χ4n) is 2.76. The summed E-state index contributed by atoms with van der Waals surface area (Å²) < 4.78 is 1.69. The highest BCUT2D eigenvalue weighted by Gasteiger charge is 2.20. The van der Waals surface area contributed by atoms with E-state index in [1.54, 1.807) is 25.0 Å². The van der Waals surface area contributed by atoms with E-state index < -0.39 is 0 Å². The van der Waals surface area contributed by atoms with E-state index >= 15 is 0 Å². The molecule has 0 aliphatic heterocycles. The second-order valence-corrected chi connectivity index (χ2v) is 6.94. The average Bonchev–Trinajstić information content (AvgIpc) is 3.14. The van der Waals surface area contributed by atoms with Gasteiger partial charge in [0.1, 0.15) is 5.69 Å². The zero-order valence-electron chi connectivity index (χ0n) is 16.6. The Labute approximate surface area is 164 Å². The summed E-state index contributed by atoms with van der Waals surface area (Å²) in [6, 6.07) is 15.6. The number of aryl methyl sites for hydroxylation is 2. The number of carbonyl (C=O) groups excluding carboxylic acids is 2. The maximum Gasteiger partial charge on any atom is 0.255 e. The van der Waals surface area contributed by atoms with Gasteiger partial charge in [-0.3, -0.25) is 9.59 Å². The summed E-state index contributed by atoms with van der Waals surface area (Å²) >= 11 is 0. The van der Waals surface area contributed by atoms with E-state index in [0.717, 1.165) is 16.8 Å². The van der Waals surface area contributed by atoms with Crippen molar-refractivity contribution in [2.45, 2.75) is 13.8 Å². The van der Waals surface area contributed by atoms with Gasteiger partial charge in [0, 0.05) is 25.9 Å². The Kier molecular flexibility index (Phi) is 5.59. The molecule has 1 heterocycles. The standard InChI is InChI=1S/C22H24N4O2/c1-15-10-11-17(12-16(15)2)21-19(22(28)23-13-20(27)25(3)4)14-26(24-21)18-8-6-5-7-9-18/h5-12,14H,13H2,1-4H3,(H,23,28). The van der Waals surface area contributed by atoms with Gasteiger partial charge in [-0.25, -0.2) is 4.68 Å². The molecule has 0 saturated heterocycles. The van der Waals surface area contributed by atoms with Crippen LogP contribution in [0, 0.1) is 13.8 Å². The van der Waals surface area contributed by atoms with Gasteiger partial charge in [0.15, 0.2) is 0 Å². The van der Waals surface area contributed by atoms with E-state index in [2.05, 4.69) is 10.4 Å². The topological polar surface area (TPSA) is 67.2 Å². The summed E-state index contributed by atoms with van der Waals surface area (Å²) in [7, 11) is 3.31. The fraction of sp³-hybridized carbons (Fsp3) is 0.227. The smallest absolute Gasteiger partial charge is 0.255 e. The number of hydrogen-bond donors (Lipinski definition) is 1. The monoisotopic (exact) mass is 376 g/mol. The van der Waals surface area contributed by atoms with Crippen molar-refractivity contribution in [1.29, 1.82) is 0 Å². The van der Waals surface area contributed by atoms with Crippen LogP contribution < -0.4 is 5.32 Å². The molecular weight excluding hydrogens is 352 g/mol. The van der Waals surface area contributed by atoms with E-state index in [1.807, 2.05) is 62.4 Å². The van der Waals surface area contributed by atoms with Crippen LogP contribution in [0.2, 0.25) is 0 Å². The van der Waals surface area contributed by atoms with Crippen molar-refractivity contribution in [3.63, 3.8) is 0 Å². The Morgan fingerprint density at radius 2 is 1.75 bits per heavy atom. The predicted molar refractivity (Wildman–Crippen MR) is 110 cm³/mol. The average molecular weight is 376 g/mol. The molecule has 2 amide bonds. The van der Waals surface area contributed by atoms with Crippen LogP contribution in [0.5, 0.6) is 0 Å². The van der Waals surface area contributed by atoms with Crippen LogP contribution in [0.25, 0.3) is 16.9 Å². The van der Waals surface area contributed by atoms with Gasteiger partial charge in [-0.05, 0) is 43.2 Å². The second-order valence-electron chi connectivity index (χ2n) is 6.94. The Morgan fingerprint density at radius 3 is 2.39 bits per heavy atom. The Bertz CT molecular complexity index is 1010. The highest BCUT2D eigenvalue weighted by molar-refractivity contribution is 6.01. The zero-order chi connectivity index (χ0) is 20.3. The Hall–Kier alpha value is -3.41. The van der Waals surface area contributed by atoms with Crippen LogP contribution in [-0.4, -0.2) is 47.1 Å². The van der Waals surface area contributed by atoms with Gasteiger partial charge in [0.2, 0.25) is 5.91 Å². The van der Waals surface area contributed by atoms with Crippen molar-refractivity contribution in [3.8, 4) is 16.9 Å². The van der Waals surface area contributed by atoms with Crippen LogP contribution in [0.3, 0.4) is 0 Å². The van der Waals surface area contributed by atoms with Crippen molar-refractivity contribution in [3.05, 3.63) is 71.4 Å². The summed E-state index contributed by atoms with van der Waals surface area (Å²) in [6.07, 6.45) is 1.70. The van der Waals surface area contributed by atoms with Crippen molar-refractivity contribution in [2.24, 2.45) is 0 Å². The van der Waals surface area contributed by atoms with Crippen LogP contribution in [0.15, 0.2) is 54.7 Å². The normalized spacial score (nSPS) is 10.6. The number of para-hydroxylation sites is 1. The molecule has 3 rings (SSSR count). The lowest BCUT2D eigenvalue weighted by molar-refractivity contribution is -0.127. The molecule has 6 nitrogen and oxygen atoms in total. The van der Waals surface area contributed by atoms with Gasteiger partial charge in [0.05, 0.1) is 17.8 Å². The summed E-state index contributed by atoms with van der Waals surface area (Å²) in [6.45, 7) is 4.01. The highest BCUT2D eigenvalue weighted by atomic mass is 16.2. The Balaban J connectivity index is 2.01. The molecule has 3 aromatic rings. The molecule has 6 heteroatoms. The minimum Gasteiger partial charge on any atom is -0.347 e. The molecule has 0 aliphatic rings. The van der Waals surface area contributed by atoms with E-state index in [-0.39, 0.29) is 18.4 Å². The molecule has 28 heavy (non-hydrogen) atoms. The van der Waals surface area contributed by atoms with E-state index in [4.69, 9.17) is 0 Å². The first-order valence-corrected chi connectivity index (χ1v) is 9.08. The van der Waals surface area contributed by atoms with Crippen molar-refractivity contribution >= 4 is 11.8 Å². The van der Waals surface area contributed by atoms with Gasteiger partial charge < -0.3 is 10.2 Å². The zero-order valence-corrected chi connectivity index (χ0v) is 16.6. The molecule has 2 aromatic carbocycles. The van der Waals surface area contributed by atoms with E-state index in [9.17, 15) is 9.59 Å². The fourth-order valence-corrected chi connectivity index (χ4v) is 2.76. The third-order valence-electron chi connectivity index (χ3n) is 4.66. The number of amides is 2. The number of likely N-dealkylation sites (N-methyl/N-ethyl adjacent to an activating group) is 1. The SMILES string of the molecule is Cc1ccc(-c2nn(-c3ccccc3)cc2C(=O)NCC(=O)N(C)C)cc1C. The summed E-state index contributed by atoms with van der Waals surface area (Å²) in [5.41, 5.74) is 5.04. The largest absolute Gasteiger partial charge is 0.347 e. The highest BCUT2D eigenvalue weighted by Crippen LogP contribution is 2.25. The summed E-state index contributed by atoms with van der Waals surface area (Å²) in [5.74, 6) is -0.498. The Morgan fingerprint density at radius 1 is 1.04 bits per heavy atom. The third-order valence-corrected chi connectivity index (χ3v) is 4.66. The lowest BCUT2D eigenvalue weighted by Crippen LogP contribution is -2.36. The second kappa shape index (κ2) is 8.08. The van der Waals surface area contributed by atoms with Gasteiger partial charge >= 0.3 is 0 Å². The summed E-state index contributed by atoms with van der Waals surface area (Å²) in [5, 5.41) is 7.36. The number of hydrogen-bond acceptors (Lipinski definition) is 3. The molecule has 0 unspecified atom stereocenters. The minimum absolute atomic E-state index is 0.0608. The lowest BCUT2D eigenvalue weighted by Gasteiger charge is -2.11. The van der Waals surface area contributed by atoms with Crippen LogP contribution >= 0.6 is 0 Å². The van der Waals surface area contributed by atoms with Crippen molar-refractivity contribution < 1.29 is 9.59 Å². The van der Waals surface area contributed by atoms with Crippen molar-refractivity contribution in [2.75, 3.05) is 20.6 Å². The summed E-state index contributed by atoms with van der Waals surface area (Å²) in [4.78, 5) is 26.1. The molecule has 0 aliphatic carbocycles. The molecule has 0 radical (unpaired) electrons. The molecule has 0 atom stereocenters. The van der Waals surface area contributed by atoms with Crippen LogP contribution in [0.1, 0.15) is 21.5 Å². The van der Waals surface area contributed by atoms with Crippen LogP contribution in [0.4, 0.5) is 0 Å². The molecule has 0 saturated carbocycles. The quantitative estimate of drug-likeness (QED) is 0.744. The van der Waals surface area contributed by atoms with E-state index in [1.165, 1.54) is 10.5 Å². The van der Waals surface area contributed by atoms with Crippen LogP contribution in [-0.2, 0) is 4.79 Å². The molecule has 1 N–H and O–H groups in total. The molecule has 1 aromatic heterocycles. The first-order chi connectivity index (χ1) is 13.4. The van der Waals surface area contributed by atoms with Gasteiger partial charge in [0.25, 0.3) is 5.91 Å². The van der Waals surface area contributed by atoms with Crippen molar-refractivity contribution in [1.82, 2.24) is 20.0 Å². The number of nitrogens with zero attached hydrogens (tertiary/aromatic N) is 3. The first kappa shape index (κ1) is 19.4. The third kappa shape index (κ3) is 4.11. The number of carbonyl (C=O) groups is 2. The number of nitrogens with one attached hydrogen (secondary N) is 1. The molecule has 144 valence electrons. The maximum atomic E-state index is 12.8. The van der Waals surface area contributed by atoms with E-state index in [0.29, 0.717) is 11.3 Å². The van der Waals surface area contributed by atoms with Gasteiger partial charge in [-0.15, -0.1) is 0 Å². The molecular formula is C22H24N4O2. The first-order valence-electron chi connectivity index (χ1n) is 9.08. The number of rotatable bonds is 5. The van der Waals surface area contributed by atoms with Gasteiger partial charge in [-0.2, -0.15) is 5.10 Å². The number of benzene rings is 2. The predicted octanol–water partition coefficient (Wildman–Crippen LogP) is 2.97.